The number of carbonyl (C=O) groups excluding carboxylic acids is 2. The summed E-state index contributed by atoms with van der Waals surface area (Å²) in [6.45, 7) is 1.87. The number of benzene rings is 2. The van der Waals surface area contributed by atoms with E-state index in [1.807, 2.05) is 24.3 Å². The molecule has 0 bridgehead atoms. The van der Waals surface area contributed by atoms with E-state index in [4.69, 9.17) is 9.47 Å². The minimum atomic E-state index is -0.869. The number of esters is 1. The lowest BCUT2D eigenvalue weighted by Crippen LogP contribution is -2.35. The van der Waals surface area contributed by atoms with Gasteiger partial charge in [-0.15, -0.1) is 11.8 Å². The molecular weight excluding hydrogens is 369 g/mol. The predicted molar refractivity (Wildman–Crippen MR) is 102 cm³/mol. The minimum absolute atomic E-state index is 0.165. The molecule has 7 heteroatoms. The molecule has 1 atom stereocenters. The van der Waals surface area contributed by atoms with Crippen molar-refractivity contribution >= 4 is 23.6 Å². The zero-order valence-electron chi connectivity index (χ0n) is 15.2. The Balaban J connectivity index is 1.67. The summed E-state index contributed by atoms with van der Waals surface area (Å²) < 4.78 is 23.1. The molecule has 0 aliphatic heterocycles. The Labute approximate surface area is 162 Å². The van der Waals surface area contributed by atoms with E-state index in [1.54, 1.807) is 19.2 Å². The van der Waals surface area contributed by atoms with E-state index < -0.39 is 12.1 Å². The molecule has 0 aliphatic rings. The van der Waals surface area contributed by atoms with Crippen molar-refractivity contribution in [3.63, 3.8) is 0 Å². The van der Waals surface area contributed by atoms with E-state index in [0.29, 0.717) is 12.3 Å². The maximum Gasteiger partial charge on any atom is 0.307 e. The maximum absolute atomic E-state index is 12.8. The van der Waals surface area contributed by atoms with Crippen LogP contribution in [0.4, 0.5) is 4.39 Å². The summed E-state index contributed by atoms with van der Waals surface area (Å²) in [4.78, 5) is 24.8. The summed E-state index contributed by atoms with van der Waals surface area (Å²) in [6, 6.07) is 13.4. The SMILES string of the molecule is COc1ccc(CNC(=O)[C@@H](C)OC(=O)CCSc2ccc(F)cc2)cc1. The van der Waals surface area contributed by atoms with E-state index >= 15 is 0 Å². The first-order chi connectivity index (χ1) is 13.0. The van der Waals surface area contributed by atoms with Crippen LogP contribution in [0.25, 0.3) is 0 Å². The maximum atomic E-state index is 12.8. The van der Waals surface area contributed by atoms with E-state index in [-0.39, 0.29) is 18.1 Å². The number of ether oxygens (including phenoxy) is 2. The van der Waals surface area contributed by atoms with E-state index in [1.165, 1.54) is 30.8 Å². The monoisotopic (exact) mass is 391 g/mol. The molecule has 5 nitrogen and oxygen atoms in total. The van der Waals surface area contributed by atoms with Crippen LogP contribution < -0.4 is 10.1 Å². The molecule has 144 valence electrons. The van der Waals surface area contributed by atoms with Crippen LogP contribution >= 0.6 is 11.8 Å². The number of rotatable bonds is 9. The molecule has 0 unspecified atom stereocenters. The van der Waals surface area contributed by atoms with Gasteiger partial charge >= 0.3 is 5.97 Å². The van der Waals surface area contributed by atoms with Gasteiger partial charge in [0, 0.05) is 17.2 Å². The van der Waals surface area contributed by atoms with Crippen LogP contribution in [0, 0.1) is 5.82 Å². The summed E-state index contributed by atoms with van der Waals surface area (Å²) in [6.07, 6.45) is -0.704. The lowest BCUT2D eigenvalue weighted by atomic mass is 10.2. The average molecular weight is 391 g/mol. The molecule has 0 saturated heterocycles. The second-order valence-corrected chi connectivity index (χ2v) is 6.92. The topological polar surface area (TPSA) is 64.6 Å². The number of hydrogen-bond donors (Lipinski definition) is 1. The van der Waals surface area contributed by atoms with Crippen molar-refractivity contribution in [1.29, 1.82) is 0 Å². The highest BCUT2D eigenvalue weighted by Crippen LogP contribution is 2.19. The van der Waals surface area contributed by atoms with Crippen LogP contribution in [-0.2, 0) is 20.9 Å². The highest BCUT2D eigenvalue weighted by molar-refractivity contribution is 7.99. The lowest BCUT2D eigenvalue weighted by molar-refractivity contribution is -0.154. The normalized spacial score (nSPS) is 11.5. The fraction of sp³-hybridized carbons (Fsp3) is 0.300. The van der Waals surface area contributed by atoms with Crippen LogP contribution in [0.2, 0.25) is 0 Å². The van der Waals surface area contributed by atoms with Crippen LogP contribution in [-0.4, -0.2) is 30.8 Å². The Hall–Kier alpha value is -2.54. The van der Waals surface area contributed by atoms with Gasteiger partial charge < -0.3 is 14.8 Å². The van der Waals surface area contributed by atoms with Gasteiger partial charge in [-0.2, -0.15) is 0 Å². The number of nitrogens with one attached hydrogen (secondary N) is 1. The first kappa shape index (κ1) is 20.8. The van der Waals surface area contributed by atoms with E-state index in [2.05, 4.69) is 5.32 Å². The predicted octanol–water partition coefficient (Wildman–Crippen LogP) is 3.56. The van der Waals surface area contributed by atoms with Gasteiger partial charge in [0.2, 0.25) is 0 Å². The second kappa shape index (κ2) is 10.6. The quantitative estimate of drug-likeness (QED) is 0.523. The Morgan fingerprint density at radius 2 is 1.78 bits per heavy atom. The van der Waals surface area contributed by atoms with Gasteiger partial charge in [-0.05, 0) is 48.9 Å². The fourth-order valence-electron chi connectivity index (χ4n) is 2.17. The van der Waals surface area contributed by atoms with Crippen LogP contribution in [0.15, 0.2) is 53.4 Å². The third-order valence-electron chi connectivity index (χ3n) is 3.69. The number of hydrogen-bond acceptors (Lipinski definition) is 5. The molecule has 2 rings (SSSR count). The Kier molecular flexibility index (Phi) is 8.13. The van der Waals surface area contributed by atoms with Crippen molar-refractivity contribution in [2.24, 2.45) is 0 Å². The molecule has 1 amide bonds. The average Bonchev–Trinajstić information content (AvgIpc) is 2.68. The number of halogens is 1. The molecule has 0 spiro atoms. The Morgan fingerprint density at radius 1 is 1.11 bits per heavy atom. The molecule has 0 fully saturated rings. The highest BCUT2D eigenvalue weighted by Gasteiger charge is 2.17. The first-order valence-electron chi connectivity index (χ1n) is 8.46. The molecule has 2 aromatic carbocycles. The van der Waals surface area contributed by atoms with Crippen molar-refractivity contribution in [2.75, 3.05) is 12.9 Å². The number of carbonyl (C=O) groups is 2. The van der Waals surface area contributed by atoms with Gasteiger partial charge in [-0.1, -0.05) is 12.1 Å². The van der Waals surface area contributed by atoms with Crippen molar-refractivity contribution in [3.05, 3.63) is 59.9 Å². The van der Waals surface area contributed by atoms with Crippen molar-refractivity contribution in [1.82, 2.24) is 5.32 Å². The van der Waals surface area contributed by atoms with Gasteiger partial charge in [-0.3, -0.25) is 9.59 Å². The molecule has 27 heavy (non-hydrogen) atoms. The smallest absolute Gasteiger partial charge is 0.307 e. The van der Waals surface area contributed by atoms with E-state index in [0.717, 1.165) is 16.2 Å². The Morgan fingerprint density at radius 3 is 2.41 bits per heavy atom. The number of methoxy groups -OCH3 is 1. The molecule has 2 aromatic rings. The van der Waals surface area contributed by atoms with Crippen molar-refractivity contribution < 1.29 is 23.5 Å². The fourth-order valence-corrected chi connectivity index (χ4v) is 3.00. The lowest BCUT2D eigenvalue weighted by Gasteiger charge is -2.13. The van der Waals surface area contributed by atoms with Crippen LogP contribution in [0.5, 0.6) is 5.75 Å². The van der Waals surface area contributed by atoms with Crippen molar-refractivity contribution in [3.8, 4) is 5.75 Å². The first-order valence-corrected chi connectivity index (χ1v) is 9.45. The third-order valence-corrected chi connectivity index (χ3v) is 4.71. The summed E-state index contributed by atoms with van der Waals surface area (Å²) in [5.41, 5.74) is 0.915. The van der Waals surface area contributed by atoms with Gasteiger partial charge in [0.1, 0.15) is 11.6 Å². The van der Waals surface area contributed by atoms with E-state index in [9.17, 15) is 14.0 Å². The summed E-state index contributed by atoms with van der Waals surface area (Å²) in [5, 5.41) is 2.73. The Bertz CT molecular complexity index is 750. The zero-order valence-corrected chi connectivity index (χ0v) is 16.1. The number of thioether (sulfide) groups is 1. The van der Waals surface area contributed by atoms with Gasteiger partial charge in [0.05, 0.1) is 13.5 Å². The van der Waals surface area contributed by atoms with Gasteiger partial charge in [-0.25, -0.2) is 4.39 Å². The standard InChI is InChI=1S/C20H22FNO4S/c1-14(20(24)22-13-15-3-7-17(25-2)8-4-15)26-19(23)11-12-27-18-9-5-16(21)6-10-18/h3-10,14H,11-13H2,1-2H3,(H,22,24)/t14-/m1/s1. The molecule has 1 N–H and O–H groups in total. The van der Waals surface area contributed by atoms with Crippen molar-refractivity contribution in [2.45, 2.75) is 30.9 Å². The summed E-state index contributed by atoms with van der Waals surface area (Å²) in [7, 11) is 1.59. The van der Waals surface area contributed by atoms with Gasteiger partial charge in [0.25, 0.3) is 5.91 Å². The summed E-state index contributed by atoms with van der Waals surface area (Å²) >= 11 is 1.43. The third kappa shape index (κ3) is 7.30. The summed E-state index contributed by atoms with van der Waals surface area (Å²) in [5.74, 6) is 0.131. The number of amides is 1. The molecule has 0 saturated carbocycles. The second-order valence-electron chi connectivity index (χ2n) is 5.75. The van der Waals surface area contributed by atoms with Gasteiger partial charge in [0.15, 0.2) is 6.10 Å². The molecular formula is C20H22FNO4S. The van der Waals surface area contributed by atoms with Crippen LogP contribution in [0.1, 0.15) is 18.9 Å². The van der Waals surface area contributed by atoms with Crippen LogP contribution in [0.3, 0.4) is 0 Å². The molecule has 0 aromatic heterocycles. The molecule has 0 radical (unpaired) electrons. The molecule has 0 heterocycles. The zero-order chi connectivity index (χ0) is 19.6. The molecule has 0 aliphatic carbocycles. The largest absolute Gasteiger partial charge is 0.497 e. The highest BCUT2D eigenvalue weighted by atomic mass is 32.2. The minimum Gasteiger partial charge on any atom is -0.497 e.